The van der Waals surface area contributed by atoms with E-state index in [0.29, 0.717) is 11.5 Å². The van der Waals surface area contributed by atoms with E-state index in [1.54, 1.807) is 0 Å². The molecule has 1 saturated heterocycles. The van der Waals surface area contributed by atoms with Crippen molar-refractivity contribution in [1.29, 1.82) is 0 Å². The molecule has 1 atom stereocenters. The molecule has 1 unspecified atom stereocenters. The Morgan fingerprint density at radius 1 is 1.36 bits per heavy atom. The summed E-state index contributed by atoms with van der Waals surface area (Å²) in [5.74, 6) is 0. The lowest BCUT2D eigenvalue weighted by Gasteiger charge is -2.19. The van der Waals surface area contributed by atoms with Crippen LogP contribution in [0.4, 0.5) is 0 Å². The molecule has 1 aliphatic heterocycles. The van der Waals surface area contributed by atoms with Crippen LogP contribution in [0.25, 0.3) is 0 Å². The maximum absolute atomic E-state index is 5.69. The highest BCUT2D eigenvalue weighted by Gasteiger charge is 2.41. The number of hydrogen-bond acceptors (Lipinski definition) is 1. The summed E-state index contributed by atoms with van der Waals surface area (Å²) in [6.07, 6.45) is 7.50. The number of alkyl halides is 1. The zero-order valence-corrected chi connectivity index (χ0v) is 8.40. The molecule has 0 N–H and O–H groups in total. The van der Waals surface area contributed by atoms with E-state index in [4.69, 9.17) is 4.74 Å². The van der Waals surface area contributed by atoms with Crippen LogP contribution in [0.5, 0.6) is 0 Å². The Morgan fingerprint density at radius 3 is 2.64 bits per heavy atom. The molecule has 1 saturated carbocycles. The Kier molecular flexibility index (Phi) is 2.24. The van der Waals surface area contributed by atoms with Gasteiger partial charge in [0, 0.05) is 5.33 Å². The smallest absolute Gasteiger partial charge is 0.0678 e. The zero-order chi connectivity index (χ0) is 7.73. The molecule has 0 aromatic heterocycles. The highest BCUT2D eigenvalue weighted by Crippen LogP contribution is 2.46. The van der Waals surface area contributed by atoms with Crippen LogP contribution in [-0.2, 0) is 4.74 Å². The van der Waals surface area contributed by atoms with Gasteiger partial charge in [0.05, 0.1) is 12.7 Å². The normalized spacial score (nSPS) is 35.2. The fourth-order valence-electron chi connectivity index (χ4n) is 2.47. The van der Waals surface area contributed by atoms with E-state index in [-0.39, 0.29) is 0 Å². The molecule has 1 nitrogen and oxygen atoms in total. The number of rotatable bonds is 1. The van der Waals surface area contributed by atoms with Crippen molar-refractivity contribution in [1.82, 2.24) is 0 Å². The molecule has 0 amide bonds. The van der Waals surface area contributed by atoms with Gasteiger partial charge >= 0.3 is 0 Å². The van der Waals surface area contributed by atoms with E-state index < -0.39 is 0 Å². The second kappa shape index (κ2) is 3.06. The zero-order valence-electron chi connectivity index (χ0n) is 6.81. The van der Waals surface area contributed by atoms with Gasteiger partial charge in [-0.15, -0.1) is 0 Å². The molecule has 2 rings (SSSR count). The molecule has 0 aromatic rings. The van der Waals surface area contributed by atoms with E-state index in [9.17, 15) is 0 Å². The first-order chi connectivity index (χ1) is 5.35. The quantitative estimate of drug-likeness (QED) is 0.616. The predicted octanol–water partition coefficient (Wildman–Crippen LogP) is 2.73. The lowest BCUT2D eigenvalue weighted by Crippen LogP contribution is -2.16. The molecule has 1 heterocycles. The van der Waals surface area contributed by atoms with Crippen LogP contribution in [0.3, 0.4) is 0 Å². The van der Waals surface area contributed by atoms with Crippen molar-refractivity contribution < 1.29 is 4.74 Å². The van der Waals surface area contributed by atoms with E-state index in [2.05, 4.69) is 15.9 Å². The molecule has 2 aliphatic rings. The average Bonchev–Trinajstić information content (AvgIpc) is 2.62. The Morgan fingerprint density at radius 2 is 2.09 bits per heavy atom. The summed E-state index contributed by atoms with van der Waals surface area (Å²) in [5.41, 5.74) is 0.610. The molecule has 2 heteroatoms. The summed E-state index contributed by atoms with van der Waals surface area (Å²) in [6.45, 7) is 1.03. The van der Waals surface area contributed by atoms with Gasteiger partial charge in [-0.1, -0.05) is 28.8 Å². The predicted molar refractivity (Wildman–Crippen MR) is 49.1 cm³/mol. The summed E-state index contributed by atoms with van der Waals surface area (Å²) in [4.78, 5) is 0. The number of hydrogen-bond donors (Lipinski definition) is 0. The van der Waals surface area contributed by atoms with E-state index in [0.717, 1.165) is 11.9 Å². The standard InChI is InChI=1S/C9H15BrO/c10-6-8-5-9(7-11-8)3-1-2-4-9/h8H,1-7H2. The van der Waals surface area contributed by atoms with Crippen molar-refractivity contribution >= 4 is 15.9 Å². The number of ether oxygens (including phenoxy) is 1. The lowest BCUT2D eigenvalue weighted by atomic mass is 9.84. The summed E-state index contributed by atoms with van der Waals surface area (Å²) in [6, 6.07) is 0. The fraction of sp³-hybridized carbons (Fsp3) is 1.00. The maximum Gasteiger partial charge on any atom is 0.0678 e. The number of halogens is 1. The average molecular weight is 219 g/mol. The Bertz CT molecular complexity index is 140. The topological polar surface area (TPSA) is 9.23 Å². The van der Waals surface area contributed by atoms with Gasteiger partial charge in [-0.2, -0.15) is 0 Å². The van der Waals surface area contributed by atoms with Crippen LogP contribution in [0.1, 0.15) is 32.1 Å². The minimum absolute atomic E-state index is 0.507. The summed E-state index contributed by atoms with van der Waals surface area (Å²) in [5, 5.41) is 1.02. The summed E-state index contributed by atoms with van der Waals surface area (Å²) < 4.78 is 5.69. The Balaban J connectivity index is 1.96. The van der Waals surface area contributed by atoms with Crippen molar-refractivity contribution in [2.24, 2.45) is 5.41 Å². The Hall–Kier alpha value is 0.440. The minimum atomic E-state index is 0.507. The van der Waals surface area contributed by atoms with Gasteiger partial charge in [0.15, 0.2) is 0 Å². The van der Waals surface area contributed by atoms with Gasteiger partial charge in [0.25, 0.3) is 0 Å². The molecule has 11 heavy (non-hydrogen) atoms. The third kappa shape index (κ3) is 1.48. The van der Waals surface area contributed by atoms with Gasteiger partial charge in [-0.25, -0.2) is 0 Å². The van der Waals surface area contributed by atoms with Crippen molar-refractivity contribution in [3.8, 4) is 0 Å². The van der Waals surface area contributed by atoms with Crippen LogP contribution >= 0.6 is 15.9 Å². The van der Waals surface area contributed by atoms with E-state index >= 15 is 0 Å². The van der Waals surface area contributed by atoms with Gasteiger partial charge < -0.3 is 4.74 Å². The lowest BCUT2D eigenvalue weighted by molar-refractivity contribution is 0.110. The highest BCUT2D eigenvalue weighted by atomic mass is 79.9. The first-order valence-corrected chi connectivity index (χ1v) is 5.64. The molecule has 0 radical (unpaired) electrons. The second-order valence-corrected chi connectivity index (χ2v) is 4.65. The third-order valence-electron chi connectivity index (χ3n) is 3.12. The highest BCUT2D eigenvalue weighted by molar-refractivity contribution is 9.09. The fourth-order valence-corrected chi connectivity index (χ4v) is 2.88. The largest absolute Gasteiger partial charge is 0.377 e. The van der Waals surface area contributed by atoms with Crippen LogP contribution in [0, 0.1) is 5.41 Å². The van der Waals surface area contributed by atoms with E-state index in [1.165, 1.54) is 32.1 Å². The third-order valence-corrected chi connectivity index (χ3v) is 3.84. The van der Waals surface area contributed by atoms with Crippen molar-refractivity contribution in [2.45, 2.75) is 38.2 Å². The summed E-state index contributed by atoms with van der Waals surface area (Å²) in [7, 11) is 0. The van der Waals surface area contributed by atoms with Crippen LogP contribution in [0.2, 0.25) is 0 Å². The van der Waals surface area contributed by atoms with Crippen LogP contribution in [0.15, 0.2) is 0 Å². The molecule has 0 aromatic carbocycles. The van der Waals surface area contributed by atoms with Gasteiger partial charge in [-0.05, 0) is 24.7 Å². The minimum Gasteiger partial charge on any atom is -0.377 e. The van der Waals surface area contributed by atoms with Crippen LogP contribution < -0.4 is 0 Å². The molecular formula is C9H15BrO. The van der Waals surface area contributed by atoms with Gasteiger partial charge in [0.2, 0.25) is 0 Å². The molecule has 0 bridgehead atoms. The van der Waals surface area contributed by atoms with Gasteiger partial charge in [0.1, 0.15) is 0 Å². The molecule has 64 valence electrons. The van der Waals surface area contributed by atoms with Crippen LogP contribution in [-0.4, -0.2) is 18.0 Å². The second-order valence-electron chi connectivity index (χ2n) is 4.00. The SMILES string of the molecule is BrCC1CC2(CCCC2)CO1. The monoisotopic (exact) mass is 218 g/mol. The van der Waals surface area contributed by atoms with E-state index in [1.807, 2.05) is 0 Å². The van der Waals surface area contributed by atoms with Crippen molar-refractivity contribution in [3.05, 3.63) is 0 Å². The molecular weight excluding hydrogens is 204 g/mol. The Labute approximate surface area is 76.6 Å². The maximum atomic E-state index is 5.69. The van der Waals surface area contributed by atoms with Gasteiger partial charge in [-0.3, -0.25) is 0 Å². The molecule has 1 spiro atoms. The van der Waals surface area contributed by atoms with Crippen molar-refractivity contribution in [3.63, 3.8) is 0 Å². The first-order valence-electron chi connectivity index (χ1n) is 4.52. The molecule has 1 aliphatic carbocycles. The first kappa shape index (κ1) is 8.06. The molecule has 2 fully saturated rings. The van der Waals surface area contributed by atoms with Crippen molar-refractivity contribution in [2.75, 3.05) is 11.9 Å². The summed E-state index contributed by atoms with van der Waals surface area (Å²) >= 11 is 3.48.